The average molecular weight is 641 g/mol. The molecule has 14 unspecified atom stereocenters. The van der Waals surface area contributed by atoms with Crippen LogP contribution in [0.3, 0.4) is 0 Å². The SMILES string of the molecule is COC1CC(C2CC(OC)CC(C(C)(C)C)C2OPOC2CCCC3CC4CCCC(O)[C@@H]4C(O)[C@@H]32)C(O)C(C(C)(C)C)C1. The van der Waals surface area contributed by atoms with Gasteiger partial charge < -0.3 is 33.8 Å². The highest BCUT2D eigenvalue weighted by molar-refractivity contribution is 7.26. The quantitative estimate of drug-likeness (QED) is 0.265. The number of hydrogen-bond donors (Lipinski definition) is 3. The average Bonchev–Trinajstić information content (AvgIpc) is 2.96. The van der Waals surface area contributed by atoms with Crippen LogP contribution in [0.25, 0.3) is 0 Å². The van der Waals surface area contributed by atoms with Crippen molar-refractivity contribution in [1.82, 2.24) is 0 Å². The summed E-state index contributed by atoms with van der Waals surface area (Å²) in [5, 5.41) is 34.5. The van der Waals surface area contributed by atoms with Crippen LogP contribution in [0.2, 0.25) is 0 Å². The Morgan fingerprint density at radius 2 is 1.16 bits per heavy atom. The van der Waals surface area contributed by atoms with E-state index >= 15 is 0 Å². The maximum absolute atomic E-state index is 12.0. The third-order valence-corrected chi connectivity index (χ3v) is 13.9. The molecule has 0 bridgehead atoms. The molecule has 0 heterocycles. The molecule has 0 amide bonds. The lowest BCUT2D eigenvalue weighted by Crippen LogP contribution is -2.55. The lowest BCUT2D eigenvalue weighted by atomic mass is 9.57. The Morgan fingerprint density at radius 3 is 1.77 bits per heavy atom. The van der Waals surface area contributed by atoms with Crippen molar-refractivity contribution >= 4 is 9.03 Å². The number of aliphatic hydroxyl groups is 3. The zero-order chi connectivity index (χ0) is 32.0. The van der Waals surface area contributed by atoms with Crippen molar-refractivity contribution in [2.24, 2.45) is 58.2 Å². The van der Waals surface area contributed by atoms with E-state index in [1.54, 1.807) is 0 Å². The largest absolute Gasteiger partial charge is 0.393 e. The minimum atomic E-state index is -0.506. The van der Waals surface area contributed by atoms with Crippen LogP contribution in [0.5, 0.6) is 0 Å². The van der Waals surface area contributed by atoms with Crippen molar-refractivity contribution in [3.8, 4) is 0 Å². The topological polar surface area (TPSA) is 97.6 Å². The summed E-state index contributed by atoms with van der Waals surface area (Å²) in [4.78, 5) is 0. The summed E-state index contributed by atoms with van der Waals surface area (Å²) in [6.45, 7) is 13.6. The van der Waals surface area contributed by atoms with E-state index in [4.69, 9.17) is 18.5 Å². The molecule has 5 fully saturated rings. The highest BCUT2D eigenvalue weighted by Gasteiger charge is 2.54. The van der Waals surface area contributed by atoms with Crippen molar-refractivity contribution in [1.29, 1.82) is 0 Å². The van der Waals surface area contributed by atoms with E-state index in [0.29, 0.717) is 11.8 Å². The highest BCUT2D eigenvalue weighted by atomic mass is 31.1. The lowest BCUT2D eigenvalue weighted by Gasteiger charge is -2.54. The minimum Gasteiger partial charge on any atom is -0.393 e. The molecule has 8 heteroatoms. The summed E-state index contributed by atoms with van der Waals surface area (Å²) in [5.74, 6) is 1.54. The van der Waals surface area contributed by atoms with E-state index in [0.717, 1.165) is 70.6 Å². The standard InChI is InChI=1S/C36H65O7P/c1-35(2,3)26-18-22(40-7)16-24(32(26)38)25-17-23(41-8)19-27(36(4,5)6)34(25)43-44-42-29-14-10-12-21-15-20-11-9-13-28(37)30(20)33(39)31(21)29/h20-34,37-39,44H,9-19H2,1-8H3/t20?,21?,22?,23?,24?,25?,26?,27?,28?,29?,30-,31+,32?,33?,34?/m1/s1. The van der Waals surface area contributed by atoms with Crippen LogP contribution < -0.4 is 0 Å². The first kappa shape index (κ1) is 35.5. The molecule has 5 aliphatic rings. The highest BCUT2D eigenvalue weighted by Crippen LogP contribution is 2.54. The molecular weight excluding hydrogens is 575 g/mol. The van der Waals surface area contributed by atoms with Crippen molar-refractivity contribution in [3.05, 3.63) is 0 Å². The number of fused-ring (bicyclic) bond motifs is 2. The molecule has 0 aromatic rings. The third-order valence-electron chi connectivity index (χ3n) is 13.1. The fraction of sp³-hybridized carbons (Fsp3) is 1.00. The summed E-state index contributed by atoms with van der Waals surface area (Å²) in [5.41, 5.74) is -0.0337. The van der Waals surface area contributed by atoms with E-state index in [9.17, 15) is 15.3 Å². The van der Waals surface area contributed by atoms with Gasteiger partial charge in [0.15, 0.2) is 9.03 Å². The zero-order valence-corrected chi connectivity index (χ0v) is 29.9. The van der Waals surface area contributed by atoms with E-state index in [-0.39, 0.29) is 79.8 Å². The van der Waals surface area contributed by atoms with Gasteiger partial charge in [-0.05, 0) is 104 Å². The number of ether oxygens (including phenoxy) is 2. The van der Waals surface area contributed by atoms with Gasteiger partial charge in [0.25, 0.3) is 0 Å². The van der Waals surface area contributed by atoms with E-state index in [1.165, 1.54) is 0 Å². The fourth-order valence-corrected chi connectivity index (χ4v) is 11.6. The third kappa shape index (κ3) is 7.41. The van der Waals surface area contributed by atoms with Crippen molar-refractivity contribution < 1.29 is 33.8 Å². The number of hydrogen-bond acceptors (Lipinski definition) is 7. The summed E-state index contributed by atoms with van der Waals surface area (Å²) >= 11 is 0. The van der Waals surface area contributed by atoms with E-state index < -0.39 is 18.3 Å². The summed E-state index contributed by atoms with van der Waals surface area (Å²) < 4.78 is 25.6. The second kappa shape index (κ2) is 14.3. The van der Waals surface area contributed by atoms with Crippen molar-refractivity contribution in [2.45, 2.75) is 155 Å². The minimum absolute atomic E-state index is 0.00403. The van der Waals surface area contributed by atoms with Crippen molar-refractivity contribution in [3.63, 3.8) is 0 Å². The van der Waals surface area contributed by atoms with Gasteiger partial charge in [-0.15, -0.1) is 0 Å². The molecule has 5 rings (SSSR count). The normalized spacial score (nSPS) is 47.4. The van der Waals surface area contributed by atoms with E-state index in [1.807, 2.05) is 14.2 Å². The van der Waals surface area contributed by atoms with Gasteiger partial charge in [0.2, 0.25) is 0 Å². The van der Waals surface area contributed by atoms with Gasteiger partial charge >= 0.3 is 0 Å². The lowest BCUT2D eigenvalue weighted by molar-refractivity contribution is -0.154. The molecule has 44 heavy (non-hydrogen) atoms. The summed E-state index contributed by atoms with van der Waals surface area (Å²) in [6.07, 6.45) is 9.63. The molecule has 0 aliphatic heterocycles. The second-order valence-electron chi connectivity index (χ2n) is 17.6. The molecule has 256 valence electrons. The number of aliphatic hydroxyl groups excluding tert-OH is 3. The summed E-state index contributed by atoms with van der Waals surface area (Å²) in [7, 11) is 3.52. The van der Waals surface area contributed by atoms with E-state index in [2.05, 4.69) is 41.5 Å². The number of rotatable bonds is 7. The van der Waals surface area contributed by atoms with Crippen LogP contribution >= 0.6 is 9.03 Å². The second-order valence-corrected chi connectivity index (χ2v) is 18.2. The first-order chi connectivity index (χ1) is 20.7. The van der Waals surface area contributed by atoms with Gasteiger partial charge in [-0.3, -0.25) is 0 Å². The van der Waals surface area contributed by atoms with Gasteiger partial charge in [0.05, 0.1) is 42.7 Å². The Kier molecular flexibility index (Phi) is 11.5. The molecule has 5 aliphatic carbocycles. The zero-order valence-electron chi connectivity index (χ0n) is 28.9. The van der Waals surface area contributed by atoms with Crippen LogP contribution in [-0.2, 0) is 18.5 Å². The van der Waals surface area contributed by atoms with Gasteiger partial charge in [-0.2, -0.15) is 0 Å². The van der Waals surface area contributed by atoms with Crippen LogP contribution in [0.1, 0.15) is 112 Å². The van der Waals surface area contributed by atoms with Gasteiger partial charge in [0.1, 0.15) is 0 Å². The number of methoxy groups -OCH3 is 2. The first-order valence-electron chi connectivity index (χ1n) is 17.9. The van der Waals surface area contributed by atoms with Crippen LogP contribution in [-0.4, -0.2) is 72.3 Å². The van der Waals surface area contributed by atoms with Crippen LogP contribution in [0.4, 0.5) is 0 Å². The molecule has 3 N–H and O–H groups in total. The molecule has 0 saturated heterocycles. The Hall–Kier alpha value is 0.150. The monoisotopic (exact) mass is 640 g/mol. The molecule has 0 radical (unpaired) electrons. The Bertz CT molecular complexity index is 919. The molecule has 16 atom stereocenters. The fourth-order valence-electron chi connectivity index (χ4n) is 10.7. The molecular formula is C36H65O7P. The Morgan fingerprint density at radius 1 is 0.591 bits per heavy atom. The molecule has 0 aromatic carbocycles. The predicted octanol–water partition coefficient (Wildman–Crippen LogP) is 6.76. The van der Waals surface area contributed by atoms with Crippen LogP contribution in [0, 0.1) is 58.2 Å². The maximum Gasteiger partial charge on any atom is 0.155 e. The molecule has 7 nitrogen and oxygen atoms in total. The van der Waals surface area contributed by atoms with Crippen molar-refractivity contribution in [2.75, 3.05) is 14.2 Å². The first-order valence-corrected chi connectivity index (χ1v) is 18.7. The smallest absolute Gasteiger partial charge is 0.155 e. The Labute approximate surface area is 269 Å². The van der Waals surface area contributed by atoms with Crippen LogP contribution in [0.15, 0.2) is 0 Å². The molecule has 5 saturated carbocycles. The van der Waals surface area contributed by atoms with Gasteiger partial charge in [0, 0.05) is 26.1 Å². The maximum atomic E-state index is 12.0. The van der Waals surface area contributed by atoms with Gasteiger partial charge in [-0.25, -0.2) is 0 Å². The van der Waals surface area contributed by atoms with Gasteiger partial charge in [-0.1, -0.05) is 54.4 Å². The molecule has 0 spiro atoms. The predicted molar refractivity (Wildman–Crippen MR) is 175 cm³/mol. The molecule has 0 aromatic heterocycles. The summed E-state index contributed by atoms with van der Waals surface area (Å²) in [6, 6.07) is 0. The Balaban J connectivity index is 1.35.